The first kappa shape index (κ1) is 15.7. The van der Waals surface area contributed by atoms with Gasteiger partial charge in [0.2, 0.25) is 0 Å². The van der Waals surface area contributed by atoms with Crippen molar-refractivity contribution >= 4 is 39.0 Å². The van der Waals surface area contributed by atoms with Crippen LogP contribution in [0.15, 0.2) is 52.8 Å². The van der Waals surface area contributed by atoms with Crippen molar-refractivity contribution in [2.75, 3.05) is 0 Å². The van der Waals surface area contributed by atoms with E-state index < -0.39 is 0 Å². The lowest BCUT2D eigenvalue weighted by molar-refractivity contribution is 0.0952. The third-order valence-electron chi connectivity index (χ3n) is 4.47. The molecule has 4 aromatic rings. The second kappa shape index (κ2) is 5.89. The molecule has 3 aromatic heterocycles. The molecule has 3 heterocycles. The van der Waals surface area contributed by atoms with Gasteiger partial charge in [-0.3, -0.25) is 9.59 Å². The van der Waals surface area contributed by atoms with Crippen molar-refractivity contribution < 1.29 is 4.79 Å². The van der Waals surface area contributed by atoms with Crippen LogP contribution in [0.3, 0.4) is 0 Å². The highest BCUT2D eigenvalue weighted by molar-refractivity contribution is 7.09. The van der Waals surface area contributed by atoms with Gasteiger partial charge in [-0.15, -0.1) is 11.3 Å². The lowest BCUT2D eigenvalue weighted by atomic mass is 10.1. The molecule has 4 rings (SSSR count). The van der Waals surface area contributed by atoms with Crippen molar-refractivity contribution in [3.8, 4) is 0 Å². The van der Waals surface area contributed by atoms with Gasteiger partial charge in [0.25, 0.3) is 11.5 Å². The molecule has 0 aliphatic heterocycles. The molecule has 0 fully saturated rings. The summed E-state index contributed by atoms with van der Waals surface area (Å²) in [6.07, 6.45) is 1.63. The first-order chi connectivity index (χ1) is 12.1. The monoisotopic (exact) mass is 351 g/mol. The predicted octanol–water partition coefficient (Wildman–Crippen LogP) is 3.02. The summed E-state index contributed by atoms with van der Waals surface area (Å²) in [5, 5.41) is 6.57. The topological polar surface area (TPSA) is 56.0 Å². The van der Waals surface area contributed by atoms with E-state index in [1.807, 2.05) is 53.4 Å². The van der Waals surface area contributed by atoms with Crippen LogP contribution >= 0.6 is 11.3 Å². The van der Waals surface area contributed by atoms with Crippen molar-refractivity contribution in [3.05, 3.63) is 68.8 Å². The Morgan fingerprint density at radius 3 is 2.72 bits per heavy atom. The van der Waals surface area contributed by atoms with Crippen LogP contribution in [0.1, 0.15) is 15.2 Å². The Balaban J connectivity index is 1.91. The highest BCUT2D eigenvalue weighted by Crippen LogP contribution is 2.28. The quantitative estimate of drug-likeness (QED) is 0.617. The Kier molecular flexibility index (Phi) is 3.69. The van der Waals surface area contributed by atoms with Gasteiger partial charge in [0, 0.05) is 41.5 Å². The van der Waals surface area contributed by atoms with Gasteiger partial charge in [-0.2, -0.15) is 0 Å². The average Bonchev–Trinajstić information content (AvgIpc) is 3.23. The van der Waals surface area contributed by atoms with Gasteiger partial charge in [-0.05, 0) is 17.5 Å². The molecule has 5 nitrogen and oxygen atoms in total. The maximum Gasteiger partial charge on any atom is 0.274 e. The van der Waals surface area contributed by atoms with Gasteiger partial charge in [-0.25, -0.2) is 0 Å². The normalized spacial score (nSPS) is 11.3. The third-order valence-corrected chi connectivity index (χ3v) is 5.35. The van der Waals surface area contributed by atoms with E-state index >= 15 is 0 Å². The largest absolute Gasteiger partial charge is 0.347 e. The molecule has 1 amide bonds. The van der Waals surface area contributed by atoms with Crippen LogP contribution in [0.4, 0.5) is 0 Å². The van der Waals surface area contributed by atoms with Crippen LogP contribution in [-0.4, -0.2) is 15.0 Å². The summed E-state index contributed by atoms with van der Waals surface area (Å²) in [5.74, 6) is -0.176. The minimum atomic E-state index is -0.176. The van der Waals surface area contributed by atoms with E-state index in [0.717, 1.165) is 15.8 Å². The molecule has 0 saturated heterocycles. The summed E-state index contributed by atoms with van der Waals surface area (Å²) in [6.45, 7) is 0.478. The van der Waals surface area contributed by atoms with Gasteiger partial charge in [0.1, 0.15) is 5.52 Å². The molecular formula is C19H17N3O2S. The lowest BCUT2D eigenvalue weighted by Gasteiger charge is -2.08. The van der Waals surface area contributed by atoms with Gasteiger partial charge in [-0.1, -0.05) is 24.3 Å². The molecule has 0 aliphatic rings. The number of aromatic nitrogens is 2. The molecule has 0 unspecified atom stereocenters. The van der Waals surface area contributed by atoms with Crippen molar-refractivity contribution in [2.45, 2.75) is 6.54 Å². The van der Waals surface area contributed by atoms with Crippen LogP contribution in [0.25, 0.3) is 21.8 Å². The lowest BCUT2D eigenvalue weighted by Crippen LogP contribution is -2.26. The summed E-state index contributed by atoms with van der Waals surface area (Å²) in [6, 6.07) is 11.7. The van der Waals surface area contributed by atoms with Crippen molar-refractivity contribution in [1.29, 1.82) is 0 Å². The molecule has 0 radical (unpaired) electrons. The van der Waals surface area contributed by atoms with Crippen LogP contribution in [0, 0.1) is 0 Å². The number of aryl methyl sites for hydroxylation is 2. The molecule has 1 aromatic carbocycles. The van der Waals surface area contributed by atoms with Gasteiger partial charge >= 0.3 is 0 Å². The van der Waals surface area contributed by atoms with E-state index in [1.165, 1.54) is 4.57 Å². The molecule has 126 valence electrons. The highest BCUT2D eigenvalue weighted by atomic mass is 32.1. The number of benzene rings is 1. The molecule has 0 aliphatic carbocycles. The number of thiophene rings is 1. The van der Waals surface area contributed by atoms with E-state index in [0.29, 0.717) is 23.0 Å². The van der Waals surface area contributed by atoms with Crippen molar-refractivity contribution in [2.24, 2.45) is 14.1 Å². The Morgan fingerprint density at radius 1 is 1.16 bits per heavy atom. The number of carbonyl (C=O) groups is 1. The smallest absolute Gasteiger partial charge is 0.274 e. The maximum absolute atomic E-state index is 12.8. The number of nitrogens with zero attached hydrogens (tertiary/aromatic N) is 2. The summed E-state index contributed by atoms with van der Waals surface area (Å²) >= 11 is 1.60. The second-order valence-electron chi connectivity index (χ2n) is 6.02. The zero-order valence-corrected chi connectivity index (χ0v) is 14.8. The van der Waals surface area contributed by atoms with E-state index in [1.54, 1.807) is 24.6 Å². The third kappa shape index (κ3) is 2.46. The summed E-state index contributed by atoms with van der Waals surface area (Å²) in [4.78, 5) is 26.6. The number of pyridine rings is 1. The molecule has 6 heteroatoms. The zero-order chi connectivity index (χ0) is 17.6. The molecule has 0 bridgehead atoms. The Hall–Kier alpha value is -2.86. The molecule has 0 atom stereocenters. The number of amides is 1. The number of fused-ring (bicyclic) bond motifs is 3. The molecule has 25 heavy (non-hydrogen) atoms. The predicted molar refractivity (Wildman–Crippen MR) is 101 cm³/mol. The number of rotatable bonds is 3. The second-order valence-corrected chi connectivity index (χ2v) is 7.05. The summed E-state index contributed by atoms with van der Waals surface area (Å²) in [7, 11) is 3.54. The zero-order valence-electron chi connectivity index (χ0n) is 13.9. The van der Waals surface area contributed by atoms with E-state index in [-0.39, 0.29) is 11.5 Å². The van der Waals surface area contributed by atoms with Crippen LogP contribution in [0.5, 0.6) is 0 Å². The molecular weight excluding hydrogens is 334 g/mol. The Bertz CT molecular complexity index is 1150. The number of nitrogens with one attached hydrogen (secondary N) is 1. The fraction of sp³-hybridized carbons (Fsp3) is 0.158. The minimum absolute atomic E-state index is 0.108. The first-order valence-electron chi connectivity index (χ1n) is 7.95. The number of carbonyl (C=O) groups excluding carboxylic acids is 1. The number of hydrogen-bond donors (Lipinski definition) is 1. The standard InChI is InChI=1S/C19H17N3O2S/c1-21-11-14(18(23)20-10-12-6-5-9-25-12)16-13-7-3-4-8-15(13)22(2)17(16)19(21)24/h3-9,11H,10H2,1-2H3,(H,20,23). The molecule has 0 saturated carbocycles. The molecule has 0 spiro atoms. The van der Waals surface area contributed by atoms with Gasteiger partial charge in [0.05, 0.1) is 12.1 Å². The van der Waals surface area contributed by atoms with Gasteiger partial charge < -0.3 is 14.5 Å². The van der Waals surface area contributed by atoms with Crippen molar-refractivity contribution in [3.63, 3.8) is 0 Å². The van der Waals surface area contributed by atoms with E-state index in [2.05, 4.69) is 5.32 Å². The number of para-hydroxylation sites is 1. The fourth-order valence-corrected chi connectivity index (χ4v) is 3.89. The minimum Gasteiger partial charge on any atom is -0.347 e. The first-order valence-corrected chi connectivity index (χ1v) is 8.83. The van der Waals surface area contributed by atoms with Crippen LogP contribution in [0.2, 0.25) is 0 Å². The van der Waals surface area contributed by atoms with Crippen LogP contribution < -0.4 is 10.9 Å². The molecule has 1 N–H and O–H groups in total. The van der Waals surface area contributed by atoms with Crippen LogP contribution in [-0.2, 0) is 20.6 Å². The van der Waals surface area contributed by atoms with E-state index in [9.17, 15) is 9.59 Å². The SMILES string of the molecule is Cn1cc(C(=O)NCc2cccs2)c2c3ccccc3n(C)c2c1=O. The highest BCUT2D eigenvalue weighted by Gasteiger charge is 2.20. The van der Waals surface area contributed by atoms with E-state index in [4.69, 9.17) is 0 Å². The summed E-state index contributed by atoms with van der Waals surface area (Å²) < 4.78 is 3.34. The fourth-order valence-electron chi connectivity index (χ4n) is 3.25. The maximum atomic E-state index is 12.8. The Morgan fingerprint density at radius 2 is 1.96 bits per heavy atom. The number of hydrogen-bond acceptors (Lipinski definition) is 3. The average molecular weight is 351 g/mol. The van der Waals surface area contributed by atoms with Gasteiger partial charge in [0.15, 0.2) is 0 Å². The Labute approximate surface area is 148 Å². The summed E-state index contributed by atoms with van der Waals surface area (Å²) in [5.41, 5.74) is 1.90. The van der Waals surface area contributed by atoms with Crippen molar-refractivity contribution in [1.82, 2.24) is 14.5 Å².